The van der Waals surface area contributed by atoms with Crippen LogP contribution in [0.3, 0.4) is 0 Å². The van der Waals surface area contributed by atoms with Crippen molar-refractivity contribution in [3.63, 3.8) is 0 Å². The normalized spacial score (nSPS) is 40.6. The third-order valence-electron chi connectivity index (χ3n) is 7.07. The van der Waals surface area contributed by atoms with E-state index in [-0.39, 0.29) is 0 Å². The minimum atomic E-state index is 0.562. The van der Waals surface area contributed by atoms with Gasteiger partial charge in [-0.15, -0.1) is 0 Å². The van der Waals surface area contributed by atoms with Crippen LogP contribution in [0, 0.1) is 41.4 Å². The summed E-state index contributed by atoms with van der Waals surface area (Å²) in [5.74, 6) is 11.7. The Kier molecular flexibility index (Phi) is 7.08. The van der Waals surface area contributed by atoms with E-state index < -0.39 is 0 Å². The Hall–Kier alpha value is -0.480. The molecule has 0 bridgehead atoms. The highest BCUT2D eigenvalue weighted by atomic mass is 16.5. The molecule has 0 atom stereocenters. The summed E-state index contributed by atoms with van der Waals surface area (Å²) in [6.07, 6.45) is 17.1. The third kappa shape index (κ3) is 5.26. The highest BCUT2D eigenvalue weighted by Crippen LogP contribution is 2.40. The zero-order valence-electron chi connectivity index (χ0n) is 16.1. The van der Waals surface area contributed by atoms with Crippen LogP contribution in [-0.4, -0.2) is 12.7 Å². The number of ether oxygens (including phenoxy) is 1. The Morgan fingerprint density at radius 2 is 1.12 bits per heavy atom. The van der Waals surface area contributed by atoms with E-state index >= 15 is 0 Å². The Labute approximate surface area is 150 Å². The second-order valence-corrected chi connectivity index (χ2v) is 8.85. The first-order chi connectivity index (χ1) is 11.7. The Morgan fingerprint density at radius 1 is 0.667 bits per heavy atom. The number of rotatable bonds is 3. The second-order valence-electron chi connectivity index (χ2n) is 8.85. The molecule has 1 nitrogen and oxygen atoms in total. The second kappa shape index (κ2) is 9.28. The van der Waals surface area contributed by atoms with Gasteiger partial charge in [0.25, 0.3) is 0 Å². The summed E-state index contributed by atoms with van der Waals surface area (Å²) in [4.78, 5) is 0. The molecule has 0 N–H and O–H groups in total. The Bertz CT molecular complexity index is 407. The van der Waals surface area contributed by atoms with Crippen molar-refractivity contribution in [1.82, 2.24) is 0 Å². The summed E-state index contributed by atoms with van der Waals surface area (Å²) in [6, 6.07) is 0. The summed E-state index contributed by atoms with van der Waals surface area (Å²) < 4.78 is 5.81. The van der Waals surface area contributed by atoms with Crippen LogP contribution in [-0.2, 0) is 4.74 Å². The zero-order valence-corrected chi connectivity index (χ0v) is 16.1. The van der Waals surface area contributed by atoms with Gasteiger partial charge in [0, 0.05) is 18.4 Å². The fourth-order valence-electron chi connectivity index (χ4n) is 5.34. The molecule has 24 heavy (non-hydrogen) atoms. The molecule has 3 rings (SSSR count). The monoisotopic (exact) mass is 330 g/mol. The molecule has 3 fully saturated rings. The van der Waals surface area contributed by atoms with Gasteiger partial charge in [0.15, 0.2) is 0 Å². The van der Waals surface area contributed by atoms with Crippen LogP contribution in [0.4, 0.5) is 0 Å². The largest absolute Gasteiger partial charge is 0.379 e. The maximum absolute atomic E-state index is 5.81. The number of hydrogen-bond donors (Lipinski definition) is 0. The van der Waals surface area contributed by atoms with Crippen molar-refractivity contribution in [2.45, 2.75) is 97.0 Å². The highest BCUT2D eigenvalue weighted by molar-refractivity contribution is 5.09. The molecule has 0 unspecified atom stereocenters. The van der Waals surface area contributed by atoms with E-state index in [1.807, 2.05) is 0 Å². The first kappa shape index (κ1) is 18.3. The van der Waals surface area contributed by atoms with Crippen molar-refractivity contribution in [3.8, 4) is 11.8 Å². The summed E-state index contributed by atoms with van der Waals surface area (Å²) >= 11 is 0. The maximum Gasteiger partial charge on any atom is 0.0575 e. The predicted molar refractivity (Wildman–Crippen MR) is 102 cm³/mol. The standard InChI is InChI=1S/C23H38O/c1-3-24-23-16-14-22(15-17-23)21-12-10-20(11-13-21)9-8-19-6-4-18(2)5-7-19/h18-23H,3-7,10-17H2,1-2H3. The van der Waals surface area contributed by atoms with Crippen molar-refractivity contribution in [2.75, 3.05) is 6.61 Å². The van der Waals surface area contributed by atoms with E-state index in [1.165, 1.54) is 77.0 Å². The lowest BCUT2D eigenvalue weighted by Crippen LogP contribution is -2.28. The molecule has 1 heteroatoms. The van der Waals surface area contributed by atoms with Crippen LogP contribution in [0.2, 0.25) is 0 Å². The predicted octanol–water partition coefficient (Wildman–Crippen LogP) is 6.22. The van der Waals surface area contributed by atoms with Gasteiger partial charge in [-0.3, -0.25) is 0 Å². The lowest BCUT2D eigenvalue weighted by Gasteiger charge is -2.37. The topological polar surface area (TPSA) is 9.23 Å². The Morgan fingerprint density at radius 3 is 1.62 bits per heavy atom. The van der Waals surface area contributed by atoms with E-state index in [2.05, 4.69) is 25.7 Å². The molecule has 136 valence electrons. The van der Waals surface area contributed by atoms with Gasteiger partial charge in [-0.1, -0.05) is 18.8 Å². The minimum Gasteiger partial charge on any atom is -0.379 e. The van der Waals surface area contributed by atoms with Crippen molar-refractivity contribution in [3.05, 3.63) is 0 Å². The molecular weight excluding hydrogens is 292 g/mol. The van der Waals surface area contributed by atoms with Gasteiger partial charge in [0.1, 0.15) is 0 Å². The molecule has 0 saturated heterocycles. The van der Waals surface area contributed by atoms with Crippen molar-refractivity contribution in [1.29, 1.82) is 0 Å². The fourth-order valence-corrected chi connectivity index (χ4v) is 5.34. The van der Waals surface area contributed by atoms with E-state index in [4.69, 9.17) is 4.74 Å². The van der Waals surface area contributed by atoms with Gasteiger partial charge in [0.2, 0.25) is 0 Å². The van der Waals surface area contributed by atoms with Crippen molar-refractivity contribution in [2.24, 2.45) is 29.6 Å². The lowest BCUT2D eigenvalue weighted by molar-refractivity contribution is 0.0143. The van der Waals surface area contributed by atoms with Crippen LogP contribution < -0.4 is 0 Å². The van der Waals surface area contributed by atoms with E-state index in [1.54, 1.807) is 0 Å². The van der Waals surface area contributed by atoms with Gasteiger partial charge in [-0.25, -0.2) is 0 Å². The van der Waals surface area contributed by atoms with Crippen LogP contribution in [0.1, 0.15) is 90.9 Å². The van der Waals surface area contributed by atoms with Gasteiger partial charge in [-0.05, 0) is 102 Å². The first-order valence-electron chi connectivity index (χ1n) is 10.9. The van der Waals surface area contributed by atoms with Gasteiger partial charge >= 0.3 is 0 Å². The summed E-state index contributed by atoms with van der Waals surface area (Å²) in [6.45, 7) is 5.41. The Balaban J connectivity index is 1.37. The van der Waals surface area contributed by atoms with Crippen molar-refractivity contribution >= 4 is 0 Å². The SMILES string of the molecule is CCOC1CCC(C2CCC(C#CC3CCC(C)CC3)CC2)CC1. The molecule has 3 aliphatic carbocycles. The average molecular weight is 331 g/mol. The summed E-state index contributed by atoms with van der Waals surface area (Å²) in [7, 11) is 0. The summed E-state index contributed by atoms with van der Waals surface area (Å²) in [5, 5.41) is 0. The van der Waals surface area contributed by atoms with Crippen molar-refractivity contribution < 1.29 is 4.74 Å². The van der Waals surface area contributed by atoms with Gasteiger partial charge in [0.05, 0.1) is 6.10 Å². The molecule has 0 aromatic carbocycles. The molecule has 0 aromatic heterocycles. The molecule has 0 heterocycles. The maximum atomic E-state index is 5.81. The van der Waals surface area contributed by atoms with Crippen LogP contribution in [0.15, 0.2) is 0 Å². The number of hydrogen-bond acceptors (Lipinski definition) is 1. The van der Waals surface area contributed by atoms with Crippen LogP contribution in [0.5, 0.6) is 0 Å². The molecule has 3 saturated carbocycles. The molecule has 0 spiro atoms. The van der Waals surface area contributed by atoms with Crippen LogP contribution in [0.25, 0.3) is 0 Å². The third-order valence-corrected chi connectivity index (χ3v) is 7.07. The smallest absolute Gasteiger partial charge is 0.0575 e. The van der Waals surface area contributed by atoms with E-state index in [0.29, 0.717) is 17.9 Å². The molecule has 3 aliphatic rings. The van der Waals surface area contributed by atoms with E-state index in [9.17, 15) is 0 Å². The summed E-state index contributed by atoms with van der Waals surface area (Å²) in [5.41, 5.74) is 0. The molecule has 0 aromatic rings. The molecule has 0 amide bonds. The van der Waals surface area contributed by atoms with Crippen LogP contribution >= 0.6 is 0 Å². The lowest BCUT2D eigenvalue weighted by atomic mass is 9.70. The average Bonchev–Trinajstić information content (AvgIpc) is 2.63. The van der Waals surface area contributed by atoms with E-state index in [0.717, 1.165) is 24.4 Å². The molecular formula is C23H38O. The zero-order chi connectivity index (χ0) is 16.8. The minimum absolute atomic E-state index is 0.562. The van der Waals surface area contributed by atoms with Gasteiger partial charge in [-0.2, -0.15) is 0 Å². The fraction of sp³-hybridized carbons (Fsp3) is 0.913. The first-order valence-corrected chi connectivity index (χ1v) is 10.9. The quantitative estimate of drug-likeness (QED) is 0.558. The molecule has 0 aliphatic heterocycles. The highest BCUT2D eigenvalue weighted by Gasteiger charge is 2.30. The molecule has 0 radical (unpaired) electrons. The van der Waals surface area contributed by atoms with Gasteiger partial charge < -0.3 is 4.74 Å².